The van der Waals surface area contributed by atoms with Gasteiger partial charge < -0.3 is 14.8 Å². The van der Waals surface area contributed by atoms with Crippen molar-refractivity contribution < 1.29 is 31.1 Å². The molecule has 0 aromatic carbocycles. The Hall–Kier alpha value is -2.53. The number of fused-ring (bicyclic) bond motifs is 1. The van der Waals surface area contributed by atoms with Gasteiger partial charge in [-0.2, -0.15) is 26.3 Å². The molecular weight excluding hydrogens is 464 g/mol. The highest BCUT2D eigenvalue weighted by Gasteiger charge is 2.43. The maximum absolute atomic E-state index is 13.2. The van der Waals surface area contributed by atoms with Gasteiger partial charge in [0.15, 0.2) is 5.65 Å². The molecule has 1 amide bonds. The molecule has 0 atom stereocenters. The number of halogens is 6. The zero-order valence-electron chi connectivity index (χ0n) is 18.9. The number of hydrogen-bond acceptors (Lipinski definition) is 4. The Labute approximate surface area is 192 Å². The molecule has 3 heterocycles. The van der Waals surface area contributed by atoms with Crippen molar-refractivity contribution in [2.24, 2.45) is 18.9 Å². The van der Waals surface area contributed by atoms with Gasteiger partial charge in [0, 0.05) is 26.2 Å². The largest absolute Gasteiger partial charge is 0.391 e. The SMILES string of the molecule is Cc1nc2cc(C(=O)NC3CCC(C(F)(F)F)CC3)c(N3CCC(C(F)(F)F)CC3)nc2n1C. The number of pyridine rings is 1. The van der Waals surface area contributed by atoms with Crippen molar-refractivity contribution in [2.45, 2.75) is 63.8 Å². The molecule has 0 spiro atoms. The first-order valence-corrected chi connectivity index (χ1v) is 11.4. The zero-order valence-corrected chi connectivity index (χ0v) is 18.9. The molecule has 0 radical (unpaired) electrons. The van der Waals surface area contributed by atoms with E-state index < -0.39 is 36.1 Å². The second-order valence-corrected chi connectivity index (χ2v) is 9.29. The minimum absolute atomic E-state index is 0.0526. The van der Waals surface area contributed by atoms with E-state index in [2.05, 4.69) is 15.3 Å². The molecular formula is C22H27F6N5O. The van der Waals surface area contributed by atoms with Gasteiger partial charge in [-0.15, -0.1) is 0 Å². The number of nitrogens with one attached hydrogen (secondary N) is 1. The van der Waals surface area contributed by atoms with Crippen molar-refractivity contribution in [1.82, 2.24) is 19.9 Å². The number of aromatic nitrogens is 3. The fourth-order valence-electron chi connectivity index (χ4n) is 4.87. The van der Waals surface area contributed by atoms with Crippen molar-refractivity contribution in [3.8, 4) is 0 Å². The average Bonchev–Trinajstić information content (AvgIpc) is 3.05. The highest BCUT2D eigenvalue weighted by Crippen LogP contribution is 2.38. The van der Waals surface area contributed by atoms with Gasteiger partial charge in [0.1, 0.15) is 17.2 Å². The summed E-state index contributed by atoms with van der Waals surface area (Å²) >= 11 is 0. The topological polar surface area (TPSA) is 63.1 Å². The summed E-state index contributed by atoms with van der Waals surface area (Å²) in [6.45, 7) is 1.96. The van der Waals surface area contributed by atoms with Gasteiger partial charge in [-0.05, 0) is 51.5 Å². The van der Waals surface area contributed by atoms with E-state index in [1.54, 1.807) is 29.5 Å². The maximum Gasteiger partial charge on any atom is 0.391 e. The molecule has 1 N–H and O–H groups in total. The van der Waals surface area contributed by atoms with E-state index >= 15 is 0 Å². The molecule has 6 nitrogen and oxygen atoms in total. The molecule has 34 heavy (non-hydrogen) atoms. The molecule has 188 valence electrons. The lowest BCUT2D eigenvalue weighted by molar-refractivity contribution is -0.182. The molecule has 2 aromatic rings. The van der Waals surface area contributed by atoms with Crippen LogP contribution in [-0.2, 0) is 7.05 Å². The van der Waals surface area contributed by atoms with Crippen LogP contribution in [-0.4, -0.2) is 51.9 Å². The Morgan fingerprint density at radius 2 is 1.50 bits per heavy atom. The van der Waals surface area contributed by atoms with Crippen LogP contribution < -0.4 is 10.2 Å². The minimum atomic E-state index is -4.27. The van der Waals surface area contributed by atoms with Gasteiger partial charge in [0.05, 0.1) is 17.4 Å². The van der Waals surface area contributed by atoms with E-state index in [0.717, 1.165) is 0 Å². The third-order valence-electron chi connectivity index (χ3n) is 7.08. The predicted molar refractivity (Wildman–Crippen MR) is 114 cm³/mol. The smallest absolute Gasteiger partial charge is 0.356 e. The number of amides is 1. The molecule has 2 aliphatic rings. The molecule has 1 aliphatic carbocycles. The number of anilines is 1. The van der Waals surface area contributed by atoms with Crippen LogP contribution in [0.5, 0.6) is 0 Å². The number of imidazole rings is 1. The van der Waals surface area contributed by atoms with Crippen molar-refractivity contribution >= 4 is 22.9 Å². The van der Waals surface area contributed by atoms with Gasteiger partial charge in [0.2, 0.25) is 0 Å². The summed E-state index contributed by atoms with van der Waals surface area (Å²) in [5.74, 6) is -2.32. The van der Waals surface area contributed by atoms with Crippen LogP contribution in [0.3, 0.4) is 0 Å². The summed E-state index contributed by atoms with van der Waals surface area (Å²) < 4.78 is 80.0. The number of rotatable bonds is 3. The van der Waals surface area contributed by atoms with Crippen LogP contribution in [0.1, 0.15) is 54.7 Å². The molecule has 2 fully saturated rings. The summed E-state index contributed by atoms with van der Waals surface area (Å²) in [7, 11) is 1.76. The fraction of sp³-hybridized carbons (Fsp3) is 0.682. The van der Waals surface area contributed by atoms with Gasteiger partial charge in [-0.3, -0.25) is 4.79 Å². The van der Waals surface area contributed by atoms with Crippen LogP contribution in [0, 0.1) is 18.8 Å². The van der Waals surface area contributed by atoms with Crippen molar-refractivity contribution in [3.63, 3.8) is 0 Å². The third kappa shape index (κ3) is 4.95. The molecule has 1 saturated heterocycles. The van der Waals surface area contributed by atoms with Gasteiger partial charge in [-0.25, -0.2) is 9.97 Å². The molecule has 0 unspecified atom stereocenters. The van der Waals surface area contributed by atoms with E-state index in [4.69, 9.17) is 0 Å². The Kier molecular flexibility index (Phi) is 6.45. The molecule has 1 aliphatic heterocycles. The number of aryl methyl sites for hydroxylation is 2. The normalized spacial score (nSPS) is 22.9. The summed E-state index contributed by atoms with van der Waals surface area (Å²) in [4.78, 5) is 23.9. The summed E-state index contributed by atoms with van der Waals surface area (Å²) in [5, 5.41) is 2.82. The minimum Gasteiger partial charge on any atom is -0.356 e. The lowest BCUT2D eigenvalue weighted by Gasteiger charge is -2.35. The zero-order chi connectivity index (χ0) is 24.8. The number of piperidine rings is 1. The van der Waals surface area contributed by atoms with Gasteiger partial charge in [-0.1, -0.05) is 0 Å². The van der Waals surface area contributed by atoms with Gasteiger partial charge in [0.25, 0.3) is 5.91 Å². The van der Waals surface area contributed by atoms with Crippen LogP contribution in [0.25, 0.3) is 11.2 Å². The highest BCUT2D eigenvalue weighted by atomic mass is 19.4. The average molecular weight is 491 g/mol. The number of hydrogen-bond donors (Lipinski definition) is 1. The summed E-state index contributed by atoms with van der Waals surface area (Å²) in [6, 6.07) is 1.16. The highest BCUT2D eigenvalue weighted by molar-refractivity contribution is 6.01. The lowest BCUT2D eigenvalue weighted by atomic mass is 9.85. The van der Waals surface area contributed by atoms with E-state index in [9.17, 15) is 31.1 Å². The maximum atomic E-state index is 13.2. The molecule has 0 bridgehead atoms. The van der Waals surface area contributed by atoms with E-state index in [1.165, 1.54) is 0 Å². The van der Waals surface area contributed by atoms with E-state index in [-0.39, 0.29) is 63.0 Å². The van der Waals surface area contributed by atoms with Crippen molar-refractivity contribution in [1.29, 1.82) is 0 Å². The summed E-state index contributed by atoms with van der Waals surface area (Å²) in [5.41, 5.74) is 1.15. The quantitative estimate of drug-likeness (QED) is 0.620. The Bertz CT molecular complexity index is 1050. The number of nitrogens with zero attached hydrogens (tertiary/aromatic N) is 4. The summed E-state index contributed by atoms with van der Waals surface area (Å²) in [6.07, 6.45) is -8.39. The first-order chi connectivity index (χ1) is 15.8. The molecule has 2 aromatic heterocycles. The van der Waals surface area contributed by atoms with Gasteiger partial charge >= 0.3 is 12.4 Å². The Morgan fingerprint density at radius 3 is 2.06 bits per heavy atom. The standard InChI is InChI=1S/C22H27F6N5O/c1-12-29-17-11-16(20(34)30-15-5-3-13(4-6-15)21(23,24)25)18(31-19(17)32(12)2)33-9-7-14(8-10-33)22(26,27)28/h11,13-15H,3-10H2,1-2H3,(H,30,34). The first kappa shape index (κ1) is 24.6. The monoisotopic (exact) mass is 491 g/mol. The lowest BCUT2D eigenvalue weighted by Crippen LogP contribution is -2.42. The van der Waals surface area contributed by atoms with Crippen LogP contribution >= 0.6 is 0 Å². The van der Waals surface area contributed by atoms with Crippen molar-refractivity contribution in [3.05, 3.63) is 17.5 Å². The molecule has 1 saturated carbocycles. The van der Waals surface area contributed by atoms with E-state index in [1.807, 2.05) is 0 Å². The number of alkyl halides is 6. The third-order valence-corrected chi connectivity index (χ3v) is 7.08. The molecule has 12 heteroatoms. The number of carbonyl (C=O) groups is 1. The van der Waals surface area contributed by atoms with Crippen LogP contribution in [0.15, 0.2) is 6.07 Å². The molecule has 4 rings (SSSR count). The van der Waals surface area contributed by atoms with E-state index in [0.29, 0.717) is 17.0 Å². The van der Waals surface area contributed by atoms with Crippen LogP contribution in [0.4, 0.5) is 32.2 Å². The first-order valence-electron chi connectivity index (χ1n) is 11.4. The Balaban J connectivity index is 1.57. The Morgan fingerprint density at radius 1 is 0.941 bits per heavy atom. The predicted octanol–water partition coefficient (Wildman–Crippen LogP) is 4.91. The fourth-order valence-corrected chi connectivity index (χ4v) is 4.87. The second kappa shape index (κ2) is 8.92. The van der Waals surface area contributed by atoms with Crippen molar-refractivity contribution in [2.75, 3.05) is 18.0 Å². The number of carbonyl (C=O) groups excluding carboxylic acids is 1. The van der Waals surface area contributed by atoms with Crippen LogP contribution in [0.2, 0.25) is 0 Å². The second-order valence-electron chi connectivity index (χ2n) is 9.29.